The molecule has 164 valence electrons. The number of aryl methyl sites for hydroxylation is 1. The zero-order valence-electron chi connectivity index (χ0n) is 19.0. The highest BCUT2D eigenvalue weighted by Crippen LogP contribution is 2.34. The molecule has 0 bridgehead atoms. The quantitative estimate of drug-likeness (QED) is 0.404. The van der Waals surface area contributed by atoms with Gasteiger partial charge in [-0.3, -0.25) is 0 Å². The number of aromatic nitrogens is 3. The van der Waals surface area contributed by atoms with Crippen molar-refractivity contribution in [1.82, 2.24) is 14.5 Å². The largest absolute Gasteiger partial charge is 0.474 e. The van der Waals surface area contributed by atoms with Gasteiger partial charge in [0.15, 0.2) is 0 Å². The third kappa shape index (κ3) is 3.95. The molecule has 1 fully saturated rings. The lowest BCUT2D eigenvalue weighted by Gasteiger charge is -2.33. The van der Waals surface area contributed by atoms with Gasteiger partial charge in [0, 0.05) is 50.3 Å². The third-order valence-electron chi connectivity index (χ3n) is 6.38. The van der Waals surface area contributed by atoms with Gasteiger partial charge < -0.3 is 14.2 Å². The van der Waals surface area contributed by atoms with Crippen LogP contribution in [0.1, 0.15) is 38.2 Å². The lowest BCUT2D eigenvalue weighted by atomic mass is 9.94. The number of para-hydroxylation sites is 1. The Balaban J connectivity index is 1.43. The lowest BCUT2D eigenvalue weighted by Crippen LogP contribution is -2.38. The smallest absolute Gasteiger partial charge is 0.216 e. The standard InChI is InChI=1S/C27H30N4O/c1-19(2)22-11-7-8-12-23(22)26-27-24(30(3)18-28-27)17-25(29-26)32-21-13-15-31(16-14-21)20-9-5-4-6-10-20/h4-12,17-19,21H,13-16H2,1-3H3. The molecule has 2 aromatic heterocycles. The van der Waals surface area contributed by atoms with E-state index >= 15 is 0 Å². The molecule has 0 saturated carbocycles. The molecule has 32 heavy (non-hydrogen) atoms. The monoisotopic (exact) mass is 426 g/mol. The maximum Gasteiger partial charge on any atom is 0.216 e. The lowest BCUT2D eigenvalue weighted by molar-refractivity contribution is 0.164. The van der Waals surface area contributed by atoms with Gasteiger partial charge in [-0.1, -0.05) is 56.3 Å². The predicted octanol–water partition coefficient (Wildman–Crippen LogP) is 5.81. The fourth-order valence-corrected chi connectivity index (χ4v) is 4.61. The molecule has 2 aromatic carbocycles. The molecular weight excluding hydrogens is 396 g/mol. The number of fused-ring (bicyclic) bond motifs is 1. The number of ether oxygens (including phenoxy) is 1. The maximum atomic E-state index is 6.46. The van der Waals surface area contributed by atoms with Crippen molar-refractivity contribution in [2.75, 3.05) is 18.0 Å². The van der Waals surface area contributed by atoms with Gasteiger partial charge in [-0.05, 0) is 23.6 Å². The highest BCUT2D eigenvalue weighted by atomic mass is 16.5. The first-order chi connectivity index (χ1) is 15.6. The van der Waals surface area contributed by atoms with Gasteiger partial charge in [-0.2, -0.15) is 0 Å². The zero-order valence-corrected chi connectivity index (χ0v) is 19.0. The molecule has 3 heterocycles. The van der Waals surface area contributed by atoms with Gasteiger partial charge in [-0.15, -0.1) is 0 Å². The van der Waals surface area contributed by atoms with Crippen LogP contribution in [0.5, 0.6) is 5.88 Å². The summed E-state index contributed by atoms with van der Waals surface area (Å²) in [7, 11) is 2.02. The molecule has 1 aliphatic rings. The van der Waals surface area contributed by atoms with Crippen molar-refractivity contribution in [3.05, 3.63) is 72.6 Å². The van der Waals surface area contributed by atoms with Crippen LogP contribution >= 0.6 is 0 Å². The summed E-state index contributed by atoms with van der Waals surface area (Å²) in [6.07, 6.45) is 3.99. The highest BCUT2D eigenvalue weighted by Gasteiger charge is 2.23. The first-order valence-electron chi connectivity index (χ1n) is 11.5. The number of hydrogen-bond acceptors (Lipinski definition) is 4. The Labute approximate surface area is 189 Å². The van der Waals surface area contributed by atoms with Crippen molar-refractivity contribution >= 4 is 16.7 Å². The van der Waals surface area contributed by atoms with Crippen LogP contribution in [0.25, 0.3) is 22.3 Å². The molecule has 0 unspecified atom stereocenters. The van der Waals surface area contributed by atoms with Crippen molar-refractivity contribution in [2.24, 2.45) is 7.05 Å². The van der Waals surface area contributed by atoms with E-state index in [2.05, 4.69) is 78.3 Å². The van der Waals surface area contributed by atoms with Gasteiger partial charge in [-0.25, -0.2) is 9.97 Å². The normalized spacial score (nSPS) is 14.9. The van der Waals surface area contributed by atoms with Gasteiger partial charge in [0.25, 0.3) is 0 Å². The van der Waals surface area contributed by atoms with Crippen molar-refractivity contribution < 1.29 is 4.74 Å². The summed E-state index contributed by atoms with van der Waals surface area (Å²) in [5.74, 6) is 1.09. The van der Waals surface area contributed by atoms with E-state index in [1.54, 1.807) is 0 Å². The molecule has 0 aliphatic carbocycles. The summed E-state index contributed by atoms with van der Waals surface area (Å²) < 4.78 is 8.50. The van der Waals surface area contributed by atoms with Gasteiger partial charge in [0.05, 0.1) is 11.8 Å². The number of imidazole rings is 1. The predicted molar refractivity (Wildman–Crippen MR) is 130 cm³/mol. The van der Waals surface area contributed by atoms with E-state index in [9.17, 15) is 0 Å². The summed E-state index contributed by atoms with van der Waals surface area (Å²) in [5, 5.41) is 0. The fourth-order valence-electron chi connectivity index (χ4n) is 4.61. The van der Waals surface area contributed by atoms with Crippen LogP contribution in [0.3, 0.4) is 0 Å². The Morgan fingerprint density at radius 3 is 2.44 bits per heavy atom. The Kier molecular flexibility index (Phi) is 5.56. The van der Waals surface area contributed by atoms with Crippen LogP contribution in [0.4, 0.5) is 5.69 Å². The molecule has 1 aliphatic heterocycles. The molecule has 1 saturated heterocycles. The number of rotatable bonds is 5. The minimum absolute atomic E-state index is 0.168. The molecule has 5 heteroatoms. The molecular formula is C27H30N4O. The Morgan fingerprint density at radius 1 is 0.969 bits per heavy atom. The highest BCUT2D eigenvalue weighted by molar-refractivity contribution is 5.91. The van der Waals surface area contributed by atoms with E-state index in [1.807, 2.05) is 24.0 Å². The number of anilines is 1. The van der Waals surface area contributed by atoms with Crippen molar-refractivity contribution in [1.29, 1.82) is 0 Å². The van der Waals surface area contributed by atoms with Crippen LogP contribution in [0.15, 0.2) is 67.0 Å². The van der Waals surface area contributed by atoms with Crippen LogP contribution in [0, 0.1) is 0 Å². The number of nitrogens with zero attached hydrogens (tertiary/aromatic N) is 4. The fraction of sp³-hybridized carbons (Fsp3) is 0.333. The van der Waals surface area contributed by atoms with E-state index in [0.717, 1.165) is 48.2 Å². The van der Waals surface area contributed by atoms with Crippen molar-refractivity contribution in [3.8, 4) is 17.1 Å². The van der Waals surface area contributed by atoms with E-state index < -0.39 is 0 Å². The molecule has 0 atom stereocenters. The molecule has 4 aromatic rings. The van der Waals surface area contributed by atoms with Crippen LogP contribution in [0.2, 0.25) is 0 Å². The minimum Gasteiger partial charge on any atom is -0.474 e. The Morgan fingerprint density at radius 2 is 1.69 bits per heavy atom. The van der Waals surface area contributed by atoms with Gasteiger partial charge in [0.1, 0.15) is 17.3 Å². The van der Waals surface area contributed by atoms with Crippen molar-refractivity contribution in [2.45, 2.75) is 38.7 Å². The average molecular weight is 427 g/mol. The topological polar surface area (TPSA) is 43.2 Å². The SMILES string of the molecule is CC(C)c1ccccc1-c1nc(OC2CCN(c3ccccc3)CC2)cc2c1ncn2C. The van der Waals surface area contributed by atoms with Crippen LogP contribution < -0.4 is 9.64 Å². The summed E-state index contributed by atoms with van der Waals surface area (Å²) in [5.41, 5.74) is 6.57. The van der Waals surface area contributed by atoms with E-state index in [1.165, 1.54) is 11.3 Å². The molecule has 0 amide bonds. The second kappa shape index (κ2) is 8.65. The molecule has 5 rings (SSSR count). The van der Waals surface area contributed by atoms with E-state index in [-0.39, 0.29) is 6.10 Å². The molecule has 0 spiro atoms. The number of pyridine rings is 1. The minimum atomic E-state index is 0.168. The second-order valence-corrected chi connectivity index (χ2v) is 8.91. The number of benzene rings is 2. The molecule has 0 radical (unpaired) electrons. The van der Waals surface area contributed by atoms with Gasteiger partial charge in [0.2, 0.25) is 5.88 Å². The second-order valence-electron chi connectivity index (χ2n) is 8.91. The first kappa shape index (κ1) is 20.6. The Bertz CT molecular complexity index is 1210. The maximum absolute atomic E-state index is 6.46. The average Bonchev–Trinajstić information content (AvgIpc) is 3.20. The van der Waals surface area contributed by atoms with E-state index in [4.69, 9.17) is 9.72 Å². The van der Waals surface area contributed by atoms with Crippen LogP contribution in [-0.4, -0.2) is 33.7 Å². The molecule has 0 N–H and O–H groups in total. The summed E-state index contributed by atoms with van der Waals surface area (Å²) in [6.45, 7) is 6.42. The van der Waals surface area contributed by atoms with Crippen molar-refractivity contribution in [3.63, 3.8) is 0 Å². The Hall–Kier alpha value is -3.34. The third-order valence-corrected chi connectivity index (χ3v) is 6.38. The summed E-state index contributed by atoms with van der Waals surface area (Å²) in [6, 6.07) is 21.1. The number of hydrogen-bond donors (Lipinski definition) is 0. The number of piperidine rings is 1. The first-order valence-corrected chi connectivity index (χ1v) is 11.5. The van der Waals surface area contributed by atoms with Gasteiger partial charge >= 0.3 is 0 Å². The van der Waals surface area contributed by atoms with Crippen LogP contribution in [-0.2, 0) is 7.05 Å². The molecule has 5 nitrogen and oxygen atoms in total. The summed E-state index contributed by atoms with van der Waals surface area (Å²) in [4.78, 5) is 12.1. The van der Waals surface area contributed by atoms with E-state index in [0.29, 0.717) is 11.8 Å². The summed E-state index contributed by atoms with van der Waals surface area (Å²) >= 11 is 0. The zero-order chi connectivity index (χ0) is 22.1.